The molecule has 0 saturated carbocycles. The van der Waals surface area contributed by atoms with E-state index in [1.54, 1.807) is 0 Å². The first-order chi connectivity index (χ1) is 7.31. The molecule has 15 heavy (non-hydrogen) atoms. The molecule has 1 atom stereocenters. The highest BCUT2D eigenvalue weighted by atomic mass is 16.3. The van der Waals surface area contributed by atoms with Gasteiger partial charge in [-0.1, -0.05) is 25.7 Å². The zero-order chi connectivity index (χ0) is 11.4. The van der Waals surface area contributed by atoms with Gasteiger partial charge in [-0.15, -0.1) is 6.42 Å². The van der Waals surface area contributed by atoms with Gasteiger partial charge >= 0.3 is 0 Å². The first-order valence-corrected chi connectivity index (χ1v) is 4.95. The van der Waals surface area contributed by atoms with Crippen molar-refractivity contribution in [2.75, 3.05) is 0 Å². The molecule has 1 heteroatoms. The van der Waals surface area contributed by atoms with E-state index in [0.29, 0.717) is 6.42 Å². The molecular formula is C14H14O. The zero-order valence-electron chi connectivity index (χ0n) is 8.93. The molecule has 0 spiro atoms. The summed E-state index contributed by atoms with van der Waals surface area (Å²) >= 11 is 0. The zero-order valence-corrected chi connectivity index (χ0v) is 8.93. The molecule has 0 aliphatic heterocycles. The van der Waals surface area contributed by atoms with Crippen molar-refractivity contribution >= 4 is 0 Å². The first-order valence-electron chi connectivity index (χ1n) is 4.95. The minimum absolute atomic E-state index is 0.577. The van der Waals surface area contributed by atoms with E-state index in [1.165, 1.54) is 0 Å². The Kier molecular flexibility index (Phi) is 9.05. The molecule has 1 nitrogen and oxygen atoms in total. The van der Waals surface area contributed by atoms with Crippen LogP contribution in [0.2, 0.25) is 0 Å². The highest BCUT2D eigenvalue weighted by Crippen LogP contribution is 2.01. The Hall–Kier alpha value is -1.80. The van der Waals surface area contributed by atoms with Crippen LogP contribution in [0.4, 0.5) is 0 Å². The topological polar surface area (TPSA) is 20.2 Å². The third kappa shape index (κ3) is 10.1. The summed E-state index contributed by atoms with van der Waals surface area (Å²) in [4.78, 5) is 0. The standard InChI is InChI=1S/C14H14O/c1-3-5-7-8-9-11-13-14(15)12-10-6-4-2/h1,14-15H,4,6,10,12H2,2H3. The summed E-state index contributed by atoms with van der Waals surface area (Å²) < 4.78 is 0. The highest BCUT2D eigenvalue weighted by molar-refractivity contribution is 5.39. The number of terminal acetylenes is 1. The predicted octanol–water partition coefficient (Wildman–Crippen LogP) is 1.57. The van der Waals surface area contributed by atoms with Gasteiger partial charge in [0.05, 0.1) is 0 Å². The molecule has 0 heterocycles. The van der Waals surface area contributed by atoms with Crippen LogP contribution in [0.3, 0.4) is 0 Å². The summed E-state index contributed by atoms with van der Waals surface area (Å²) in [5, 5.41) is 9.37. The number of rotatable bonds is 4. The molecule has 0 radical (unpaired) electrons. The molecule has 0 rings (SSSR count). The fourth-order valence-electron chi connectivity index (χ4n) is 0.909. The van der Waals surface area contributed by atoms with Crippen LogP contribution >= 0.6 is 0 Å². The van der Waals surface area contributed by atoms with Crippen molar-refractivity contribution in [3.63, 3.8) is 0 Å². The van der Waals surface area contributed by atoms with Crippen molar-refractivity contribution in [1.29, 1.82) is 0 Å². The molecule has 1 N–H and O–H groups in total. The largest absolute Gasteiger partial charge is 0.380 e. The van der Waals surface area contributed by atoms with E-state index in [2.05, 4.69) is 48.4 Å². The smallest absolute Gasteiger partial charge is 0.115 e. The second-order valence-corrected chi connectivity index (χ2v) is 2.93. The van der Waals surface area contributed by atoms with Gasteiger partial charge < -0.3 is 5.11 Å². The molecule has 0 aliphatic rings. The Bertz CT molecular complexity index is 379. The maximum atomic E-state index is 9.37. The molecule has 0 fully saturated rings. The van der Waals surface area contributed by atoms with Gasteiger partial charge in [0.25, 0.3) is 0 Å². The molecule has 0 saturated heterocycles. The summed E-state index contributed by atoms with van der Waals surface area (Å²) in [5.74, 6) is 17.1. The van der Waals surface area contributed by atoms with E-state index in [9.17, 15) is 5.11 Å². The van der Waals surface area contributed by atoms with Crippen molar-refractivity contribution in [2.45, 2.75) is 38.7 Å². The summed E-state index contributed by atoms with van der Waals surface area (Å²) in [5.41, 5.74) is 0. The van der Waals surface area contributed by atoms with Gasteiger partial charge in [0.15, 0.2) is 0 Å². The number of hydrogen-bond donors (Lipinski definition) is 1. The summed E-state index contributed by atoms with van der Waals surface area (Å²) in [6, 6.07) is 0. The van der Waals surface area contributed by atoms with Crippen LogP contribution in [0.15, 0.2) is 0 Å². The first kappa shape index (κ1) is 13.2. The Morgan fingerprint density at radius 3 is 2.40 bits per heavy atom. The summed E-state index contributed by atoms with van der Waals surface area (Å²) in [6.45, 7) is 2.12. The van der Waals surface area contributed by atoms with Crippen molar-refractivity contribution in [3.05, 3.63) is 0 Å². The molecule has 0 bridgehead atoms. The van der Waals surface area contributed by atoms with Gasteiger partial charge in [0, 0.05) is 0 Å². The molecule has 0 amide bonds. The van der Waals surface area contributed by atoms with Crippen LogP contribution < -0.4 is 0 Å². The van der Waals surface area contributed by atoms with Crippen LogP contribution in [0.1, 0.15) is 32.6 Å². The number of unbranched alkanes of at least 4 members (excludes halogenated alkanes) is 2. The fourth-order valence-corrected chi connectivity index (χ4v) is 0.909. The fraction of sp³-hybridized carbons (Fsp3) is 0.429. The van der Waals surface area contributed by atoms with Gasteiger partial charge in [-0.05, 0) is 48.4 Å². The minimum Gasteiger partial charge on any atom is -0.380 e. The molecule has 0 aliphatic carbocycles. The Morgan fingerprint density at radius 2 is 1.73 bits per heavy atom. The maximum absolute atomic E-state index is 9.37. The van der Waals surface area contributed by atoms with Gasteiger partial charge in [0.2, 0.25) is 0 Å². The number of hydrogen-bond acceptors (Lipinski definition) is 1. The van der Waals surface area contributed by atoms with Crippen LogP contribution in [-0.4, -0.2) is 11.2 Å². The van der Waals surface area contributed by atoms with Gasteiger partial charge in [0.1, 0.15) is 6.10 Å². The van der Waals surface area contributed by atoms with E-state index in [4.69, 9.17) is 6.42 Å². The van der Waals surface area contributed by atoms with Crippen LogP contribution in [0.5, 0.6) is 0 Å². The normalized spacial score (nSPS) is 9.13. The quantitative estimate of drug-likeness (QED) is 0.537. The Labute approximate surface area is 92.3 Å². The third-order valence-corrected chi connectivity index (χ3v) is 1.64. The number of aliphatic hydroxyl groups is 1. The maximum Gasteiger partial charge on any atom is 0.115 e. The minimum atomic E-state index is -0.577. The molecule has 0 aromatic carbocycles. The lowest BCUT2D eigenvalue weighted by Gasteiger charge is -2.00. The van der Waals surface area contributed by atoms with Crippen LogP contribution in [-0.2, 0) is 0 Å². The molecule has 1 unspecified atom stereocenters. The second-order valence-electron chi connectivity index (χ2n) is 2.93. The van der Waals surface area contributed by atoms with Gasteiger partial charge in [-0.3, -0.25) is 0 Å². The van der Waals surface area contributed by atoms with E-state index in [1.807, 2.05) is 0 Å². The lowest BCUT2D eigenvalue weighted by atomic mass is 10.1. The predicted molar refractivity (Wildman–Crippen MR) is 62.3 cm³/mol. The van der Waals surface area contributed by atoms with Crippen LogP contribution in [0, 0.1) is 47.9 Å². The molecule has 76 valence electrons. The monoisotopic (exact) mass is 198 g/mol. The van der Waals surface area contributed by atoms with Crippen molar-refractivity contribution in [1.82, 2.24) is 0 Å². The van der Waals surface area contributed by atoms with Crippen molar-refractivity contribution < 1.29 is 5.11 Å². The number of aliphatic hydroxyl groups excluding tert-OH is 1. The van der Waals surface area contributed by atoms with Crippen molar-refractivity contribution in [2.24, 2.45) is 0 Å². The van der Waals surface area contributed by atoms with E-state index in [0.717, 1.165) is 19.3 Å². The molecule has 0 aromatic heterocycles. The Morgan fingerprint density at radius 1 is 1.07 bits per heavy atom. The van der Waals surface area contributed by atoms with E-state index < -0.39 is 6.10 Å². The van der Waals surface area contributed by atoms with Gasteiger partial charge in [-0.2, -0.15) is 0 Å². The average molecular weight is 198 g/mol. The SMILES string of the molecule is C#CC#CC#CC#CC(O)CCCCC. The van der Waals surface area contributed by atoms with E-state index in [-0.39, 0.29) is 0 Å². The van der Waals surface area contributed by atoms with Gasteiger partial charge in [-0.25, -0.2) is 0 Å². The molecular weight excluding hydrogens is 184 g/mol. The summed E-state index contributed by atoms with van der Waals surface area (Å²) in [7, 11) is 0. The summed E-state index contributed by atoms with van der Waals surface area (Å²) in [6.07, 6.45) is 8.28. The van der Waals surface area contributed by atoms with E-state index >= 15 is 0 Å². The lowest BCUT2D eigenvalue weighted by molar-refractivity contribution is 0.217. The lowest BCUT2D eigenvalue weighted by Crippen LogP contribution is -2.01. The highest BCUT2D eigenvalue weighted by Gasteiger charge is 1.96. The van der Waals surface area contributed by atoms with Crippen molar-refractivity contribution in [3.8, 4) is 47.9 Å². The molecule has 0 aromatic rings. The Balaban J connectivity index is 3.84. The average Bonchev–Trinajstić information content (AvgIpc) is 2.23. The third-order valence-electron chi connectivity index (χ3n) is 1.64. The second kappa shape index (κ2) is 10.3. The van der Waals surface area contributed by atoms with Crippen LogP contribution in [0.25, 0.3) is 0 Å².